The van der Waals surface area contributed by atoms with Gasteiger partial charge in [0.05, 0.1) is 10.6 Å². The van der Waals surface area contributed by atoms with Gasteiger partial charge < -0.3 is 9.47 Å². The van der Waals surface area contributed by atoms with Gasteiger partial charge in [-0.15, -0.1) is 0 Å². The minimum atomic E-state index is -0.542. The van der Waals surface area contributed by atoms with Crippen LogP contribution in [-0.2, 0) is 6.61 Å². The number of ether oxygens (including phenoxy) is 2. The van der Waals surface area contributed by atoms with E-state index in [-0.39, 0.29) is 28.7 Å². The maximum Gasteiger partial charge on any atom is 0.231 e. The molecule has 152 valence electrons. The number of ketones is 1. The molecule has 0 bridgehead atoms. The molecule has 3 aromatic rings. The van der Waals surface area contributed by atoms with Crippen molar-refractivity contribution in [3.63, 3.8) is 0 Å². The first kappa shape index (κ1) is 20.7. The SMILES string of the molecule is Cc1c(OCc2c(Cl)cccc2Cl)ccc2c1O/C(=C\c1c(F)cccc1Cl)C2=O. The number of Topliss-reactive ketones (excluding diaryl/α,β-unsaturated/α-hetero) is 1. The predicted octanol–water partition coefficient (Wildman–Crippen LogP) is 7.29. The molecule has 3 nitrogen and oxygen atoms in total. The van der Waals surface area contributed by atoms with Crippen LogP contribution >= 0.6 is 34.8 Å². The summed E-state index contributed by atoms with van der Waals surface area (Å²) in [5, 5.41) is 1.19. The van der Waals surface area contributed by atoms with Crippen LogP contribution in [0.1, 0.15) is 27.0 Å². The third-order valence-electron chi connectivity index (χ3n) is 4.75. The average Bonchev–Trinajstić information content (AvgIpc) is 3.02. The second-order valence-corrected chi connectivity index (χ2v) is 7.85. The zero-order valence-corrected chi connectivity index (χ0v) is 17.9. The topological polar surface area (TPSA) is 35.5 Å². The Labute approximate surface area is 187 Å². The van der Waals surface area contributed by atoms with Crippen molar-refractivity contribution in [2.24, 2.45) is 0 Å². The van der Waals surface area contributed by atoms with Crippen molar-refractivity contribution in [2.75, 3.05) is 0 Å². The molecule has 0 aliphatic carbocycles. The van der Waals surface area contributed by atoms with Crippen LogP contribution in [0.2, 0.25) is 15.1 Å². The Morgan fingerprint density at radius 2 is 1.67 bits per heavy atom. The summed E-state index contributed by atoms with van der Waals surface area (Å²) in [4.78, 5) is 12.7. The van der Waals surface area contributed by atoms with Crippen molar-refractivity contribution in [2.45, 2.75) is 13.5 Å². The molecule has 0 N–H and O–H groups in total. The van der Waals surface area contributed by atoms with Crippen LogP contribution < -0.4 is 9.47 Å². The average molecular weight is 464 g/mol. The van der Waals surface area contributed by atoms with E-state index in [0.717, 1.165) is 0 Å². The van der Waals surface area contributed by atoms with E-state index in [1.54, 1.807) is 43.3 Å². The van der Waals surface area contributed by atoms with Crippen molar-refractivity contribution < 1.29 is 18.7 Å². The quantitative estimate of drug-likeness (QED) is 0.381. The molecule has 30 heavy (non-hydrogen) atoms. The maximum absolute atomic E-state index is 14.1. The molecule has 1 aliphatic heterocycles. The third kappa shape index (κ3) is 3.79. The van der Waals surface area contributed by atoms with E-state index < -0.39 is 5.82 Å². The molecule has 0 spiro atoms. The molecule has 0 atom stereocenters. The Balaban J connectivity index is 1.63. The predicted molar refractivity (Wildman–Crippen MR) is 116 cm³/mol. The van der Waals surface area contributed by atoms with Crippen molar-refractivity contribution in [1.29, 1.82) is 0 Å². The Kier molecular flexibility index (Phi) is 5.74. The van der Waals surface area contributed by atoms with Gasteiger partial charge in [-0.3, -0.25) is 4.79 Å². The van der Waals surface area contributed by atoms with Gasteiger partial charge >= 0.3 is 0 Å². The molecule has 0 saturated heterocycles. The van der Waals surface area contributed by atoms with Crippen LogP contribution in [0.15, 0.2) is 54.3 Å². The van der Waals surface area contributed by atoms with Gasteiger partial charge in [-0.1, -0.05) is 46.9 Å². The number of allylic oxidation sites excluding steroid dienone is 1. The summed E-state index contributed by atoms with van der Waals surface area (Å²) in [7, 11) is 0. The second-order valence-electron chi connectivity index (χ2n) is 6.63. The fraction of sp³-hybridized carbons (Fsp3) is 0.0870. The van der Waals surface area contributed by atoms with Crippen LogP contribution in [-0.4, -0.2) is 5.78 Å². The lowest BCUT2D eigenvalue weighted by atomic mass is 10.1. The minimum Gasteiger partial charge on any atom is -0.488 e. The van der Waals surface area contributed by atoms with E-state index in [1.807, 2.05) is 0 Å². The smallest absolute Gasteiger partial charge is 0.231 e. The van der Waals surface area contributed by atoms with E-state index in [9.17, 15) is 9.18 Å². The fourth-order valence-corrected chi connectivity index (χ4v) is 3.85. The van der Waals surface area contributed by atoms with Gasteiger partial charge in [-0.2, -0.15) is 0 Å². The van der Waals surface area contributed by atoms with Crippen LogP contribution in [0.5, 0.6) is 11.5 Å². The molecule has 4 rings (SSSR count). The summed E-state index contributed by atoms with van der Waals surface area (Å²) in [6.45, 7) is 1.92. The molecule has 0 amide bonds. The molecule has 0 radical (unpaired) electrons. The monoisotopic (exact) mass is 462 g/mol. The highest BCUT2D eigenvalue weighted by atomic mass is 35.5. The summed E-state index contributed by atoms with van der Waals surface area (Å²) in [5.74, 6) is -0.0246. The molecular formula is C23H14Cl3FO3. The summed E-state index contributed by atoms with van der Waals surface area (Å²) in [6, 6.07) is 12.8. The lowest BCUT2D eigenvalue weighted by Crippen LogP contribution is -2.00. The first-order chi connectivity index (χ1) is 14.4. The van der Waals surface area contributed by atoms with Crippen LogP contribution in [0.25, 0.3) is 6.08 Å². The molecule has 1 aliphatic rings. The van der Waals surface area contributed by atoms with Crippen molar-refractivity contribution in [1.82, 2.24) is 0 Å². The number of hydrogen-bond donors (Lipinski definition) is 0. The number of fused-ring (bicyclic) bond motifs is 1. The van der Waals surface area contributed by atoms with Crippen LogP contribution in [0.4, 0.5) is 4.39 Å². The van der Waals surface area contributed by atoms with Gasteiger partial charge in [0, 0.05) is 26.7 Å². The number of carbonyl (C=O) groups excluding carboxylic acids is 1. The number of rotatable bonds is 4. The first-order valence-corrected chi connectivity index (χ1v) is 10.1. The van der Waals surface area contributed by atoms with Gasteiger partial charge in [0.15, 0.2) is 5.76 Å². The van der Waals surface area contributed by atoms with Crippen molar-refractivity contribution in [3.05, 3.63) is 97.4 Å². The zero-order chi connectivity index (χ0) is 21.4. The Bertz CT molecular complexity index is 1160. The molecule has 7 heteroatoms. The normalized spacial score (nSPS) is 14.0. The number of benzene rings is 3. The highest BCUT2D eigenvalue weighted by molar-refractivity contribution is 6.36. The Morgan fingerprint density at radius 1 is 1.00 bits per heavy atom. The zero-order valence-electron chi connectivity index (χ0n) is 15.6. The maximum atomic E-state index is 14.1. The Hall–Kier alpha value is -2.53. The lowest BCUT2D eigenvalue weighted by Gasteiger charge is -2.13. The van der Waals surface area contributed by atoms with Gasteiger partial charge in [0.25, 0.3) is 0 Å². The van der Waals surface area contributed by atoms with Gasteiger partial charge in [-0.25, -0.2) is 4.39 Å². The number of hydrogen-bond acceptors (Lipinski definition) is 3. The fourth-order valence-electron chi connectivity index (χ4n) is 3.12. The van der Waals surface area contributed by atoms with E-state index in [0.29, 0.717) is 38.2 Å². The van der Waals surface area contributed by atoms with Gasteiger partial charge in [0.2, 0.25) is 5.78 Å². The lowest BCUT2D eigenvalue weighted by molar-refractivity contribution is 0.101. The highest BCUT2D eigenvalue weighted by Gasteiger charge is 2.30. The van der Waals surface area contributed by atoms with E-state index in [2.05, 4.69) is 0 Å². The molecule has 0 unspecified atom stereocenters. The van der Waals surface area contributed by atoms with Gasteiger partial charge in [0.1, 0.15) is 23.9 Å². The minimum absolute atomic E-state index is 0.00796. The summed E-state index contributed by atoms with van der Waals surface area (Å²) >= 11 is 18.4. The standard InChI is InChI=1S/C23H14Cl3FO3/c1-12-20(29-11-15-17(25)4-2-5-18(15)26)9-8-13-22(28)21(30-23(12)13)10-14-16(24)6-3-7-19(14)27/h2-10H,11H2,1H3/b21-10-. The highest BCUT2D eigenvalue weighted by Crippen LogP contribution is 2.40. The molecule has 0 fully saturated rings. The molecular weight excluding hydrogens is 450 g/mol. The summed E-state index contributed by atoms with van der Waals surface area (Å²) in [5.41, 5.74) is 1.76. The van der Waals surface area contributed by atoms with E-state index in [4.69, 9.17) is 44.3 Å². The Morgan fingerprint density at radius 3 is 2.37 bits per heavy atom. The van der Waals surface area contributed by atoms with Crippen LogP contribution in [0, 0.1) is 12.7 Å². The molecule has 0 saturated carbocycles. The first-order valence-electron chi connectivity index (χ1n) is 8.94. The molecule has 0 aromatic heterocycles. The molecule has 1 heterocycles. The number of carbonyl (C=O) groups is 1. The van der Waals surface area contributed by atoms with E-state index >= 15 is 0 Å². The number of halogens is 4. The second kappa shape index (κ2) is 8.31. The van der Waals surface area contributed by atoms with Crippen molar-refractivity contribution in [3.8, 4) is 11.5 Å². The molecule has 3 aromatic carbocycles. The summed E-state index contributed by atoms with van der Waals surface area (Å²) in [6.07, 6.45) is 1.31. The largest absolute Gasteiger partial charge is 0.488 e. The van der Waals surface area contributed by atoms with Crippen LogP contribution in [0.3, 0.4) is 0 Å². The summed E-state index contributed by atoms with van der Waals surface area (Å²) < 4.78 is 25.7. The van der Waals surface area contributed by atoms with E-state index in [1.165, 1.54) is 18.2 Å². The third-order valence-corrected chi connectivity index (χ3v) is 5.78. The van der Waals surface area contributed by atoms with Crippen molar-refractivity contribution >= 4 is 46.7 Å². The van der Waals surface area contributed by atoms with Gasteiger partial charge in [-0.05, 0) is 49.4 Å².